The molecule has 4 nitrogen and oxygen atoms in total. The maximum absolute atomic E-state index is 13.7. The zero-order valence-electron chi connectivity index (χ0n) is 11.9. The second-order valence-electron chi connectivity index (χ2n) is 5.86. The van der Waals surface area contributed by atoms with Crippen LogP contribution in [0.15, 0.2) is 18.2 Å². The third kappa shape index (κ3) is 2.66. The molecule has 0 radical (unpaired) electrons. The fraction of sp³-hybridized carbons (Fsp3) is 0.600. The first-order chi connectivity index (χ1) is 9.65. The third-order valence-corrected chi connectivity index (χ3v) is 4.39. The summed E-state index contributed by atoms with van der Waals surface area (Å²) in [5, 5.41) is 0. The number of ether oxygens (including phenoxy) is 1. The third-order valence-electron chi connectivity index (χ3n) is 4.39. The lowest BCUT2D eigenvalue weighted by Crippen LogP contribution is -2.48. The van der Waals surface area contributed by atoms with Crippen molar-refractivity contribution in [3.8, 4) is 5.75 Å². The molecule has 2 aliphatic heterocycles. The quantitative estimate of drug-likeness (QED) is 0.879. The van der Waals surface area contributed by atoms with Gasteiger partial charge in [-0.2, -0.15) is 0 Å². The van der Waals surface area contributed by atoms with Gasteiger partial charge < -0.3 is 20.3 Å². The summed E-state index contributed by atoms with van der Waals surface area (Å²) in [6.45, 7) is 5.74. The van der Waals surface area contributed by atoms with Crippen LogP contribution in [0.1, 0.15) is 11.6 Å². The first-order valence-corrected chi connectivity index (χ1v) is 7.23. The largest absolute Gasteiger partial charge is 0.490 e. The molecule has 2 heterocycles. The molecule has 5 heteroatoms. The summed E-state index contributed by atoms with van der Waals surface area (Å²) in [5.74, 6) is 0.262. The molecule has 110 valence electrons. The molecular formula is C15H22FN3O. The molecule has 0 spiro atoms. The molecule has 2 unspecified atom stereocenters. The molecule has 2 N–H and O–H groups in total. The van der Waals surface area contributed by atoms with E-state index in [1.165, 1.54) is 6.07 Å². The maximum Gasteiger partial charge on any atom is 0.165 e. The number of hydrogen-bond acceptors (Lipinski definition) is 4. The van der Waals surface area contributed by atoms with Gasteiger partial charge in [0.1, 0.15) is 0 Å². The van der Waals surface area contributed by atoms with Crippen LogP contribution < -0.4 is 10.5 Å². The molecule has 1 fully saturated rings. The second-order valence-corrected chi connectivity index (χ2v) is 5.86. The number of hydrogen-bond donors (Lipinski definition) is 1. The Morgan fingerprint density at radius 1 is 1.30 bits per heavy atom. The molecular weight excluding hydrogens is 257 g/mol. The molecule has 3 rings (SSSR count). The van der Waals surface area contributed by atoms with Crippen molar-refractivity contribution in [2.75, 3.05) is 46.4 Å². The molecule has 0 saturated carbocycles. The predicted molar refractivity (Wildman–Crippen MR) is 76.3 cm³/mol. The van der Waals surface area contributed by atoms with E-state index in [-0.39, 0.29) is 17.8 Å². The highest BCUT2D eigenvalue weighted by atomic mass is 19.1. The molecule has 20 heavy (non-hydrogen) atoms. The molecule has 0 aromatic heterocycles. The Labute approximate surface area is 119 Å². The fourth-order valence-corrected chi connectivity index (χ4v) is 3.02. The summed E-state index contributed by atoms with van der Waals surface area (Å²) in [6, 6.07) is 4.86. The normalized spacial score (nSPS) is 27.9. The first-order valence-electron chi connectivity index (χ1n) is 7.23. The zero-order valence-corrected chi connectivity index (χ0v) is 11.9. The van der Waals surface area contributed by atoms with Crippen LogP contribution in [-0.4, -0.2) is 56.2 Å². The van der Waals surface area contributed by atoms with E-state index in [2.05, 4.69) is 16.8 Å². The van der Waals surface area contributed by atoms with Gasteiger partial charge in [0.2, 0.25) is 0 Å². The van der Waals surface area contributed by atoms with Crippen LogP contribution in [0.4, 0.5) is 4.39 Å². The van der Waals surface area contributed by atoms with Crippen LogP contribution in [0.3, 0.4) is 0 Å². The van der Waals surface area contributed by atoms with Crippen LogP contribution in [0.2, 0.25) is 0 Å². The van der Waals surface area contributed by atoms with E-state index in [1.54, 1.807) is 6.07 Å². The van der Waals surface area contributed by atoms with Crippen molar-refractivity contribution in [1.29, 1.82) is 0 Å². The number of nitrogens with zero attached hydrogens (tertiary/aromatic N) is 2. The number of likely N-dealkylation sites (N-methyl/N-ethyl adjacent to an activating group) is 1. The van der Waals surface area contributed by atoms with Crippen molar-refractivity contribution >= 4 is 0 Å². The number of nitrogens with two attached hydrogens (primary N) is 1. The number of fused-ring (bicyclic) bond motifs is 1. The van der Waals surface area contributed by atoms with Crippen molar-refractivity contribution < 1.29 is 9.13 Å². The number of piperazine rings is 1. The van der Waals surface area contributed by atoms with Crippen LogP contribution in [0.25, 0.3) is 0 Å². The Hall–Kier alpha value is -1.17. The van der Waals surface area contributed by atoms with E-state index in [1.807, 2.05) is 6.07 Å². The fourth-order valence-electron chi connectivity index (χ4n) is 3.02. The SMILES string of the molecule is CN1CCN(CC2COc3c(F)cccc3C2N)CC1. The topological polar surface area (TPSA) is 41.7 Å². The van der Waals surface area contributed by atoms with Gasteiger partial charge >= 0.3 is 0 Å². The van der Waals surface area contributed by atoms with Crippen molar-refractivity contribution in [3.05, 3.63) is 29.6 Å². The van der Waals surface area contributed by atoms with E-state index in [0.717, 1.165) is 38.3 Å². The van der Waals surface area contributed by atoms with E-state index in [9.17, 15) is 4.39 Å². The Kier molecular flexibility index (Phi) is 3.92. The van der Waals surface area contributed by atoms with Crippen molar-refractivity contribution in [2.24, 2.45) is 11.7 Å². The molecule has 1 aromatic carbocycles. The smallest absolute Gasteiger partial charge is 0.165 e. The highest BCUT2D eigenvalue weighted by molar-refractivity contribution is 5.39. The lowest BCUT2D eigenvalue weighted by atomic mass is 9.90. The van der Waals surface area contributed by atoms with Crippen LogP contribution in [0.5, 0.6) is 5.75 Å². The molecule has 2 atom stereocenters. The van der Waals surface area contributed by atoms with Gasteiger partial charge in [-0.1, -0.05) is 12.1 Å². The molecule has 2 aliphatic rings. The van der Waals surface area contributed by atoms with Gasteiger partial charge in [0.05, 0.1) is 6.61 Å². The summed E-state index contributed by atoms with van der Waals surface area (Å²) in [4.78, 5) is 4.76. The van der Waals surface area contributed by atoms with Crippen molar-refractivity contribution in [3.63, 3.8) is 0 Å². The van der Waals surface area contributed by atoms with Gasteiger partial charge in [-0.05, 0) is 13.1 Å². The highest BCUT2D eigenvalue weighted by Gasteiger charge is 2.31. The average molecular weight is 279 g/mol. The summed E-state index contributed by atoms with van der Waals surface area (Å²) < 4.78 is 19.3. The minimum atomic E-state index is -0.309. The molecule has 0 amide bonds. The van der Waals surface area contributed by atoms with Crippen molar-refractivity contribution in [1.82, 2.24) is 9.80 Å². The summed E-state index contributed by atoms with van der Waals surface area (Å²) in [7, 11) is 2.14. The average Bonchev–Trinajstić information content (AvgIpc) is 2.45. The predicted octanol–water partition coefficient (Wildman–Crippen LogP) is 1.08. The molecule has 0 aliphatic carbocycles. The molecule has 0 bridgehead atoms. The van der Waals surface area contributed by atoms with E-state index in [0.29, 0.717) is 12.4 Å². The van der Waals surface area contributed by atoms with Gasteiger partial charge in [-0.25, -0.2) is 4.39 Å². The molecule has 1 aromatic rings. The first kappa shape index (κ1) is 13.8. The number of para-hydroxylation sites is 1. The minimum absolute atomic E-state index is 0.144. The second kappa shape index (κ2) is 5.68. The van der Waals surface area contributed by atoms with Crippen molar-refractivity contribution in [2.45, 2.75) is 6.04 Å². The summed E-state index contributed by atoms with van der Waals surface area (Å²) in [5.41, 5.74) is 7.12. The minimum Gasteiger partial charge on any atom is -0.490 e. The summed E-state index contributed by atoms with van der Waals surface area (Å²) in [6.07, 6.45) is 0. The van der Waals surface area contributed by atoms with Gasteiger partial charge in [-0.3, -0.25) is 0 Å². The van der Waals surface area contributed by atoms with Gasteiger partial charge in [0.15, 0.2) is 11.6 Å². The van der Waals surface area contributed by atoms with E-state index >= 15 is 0 Å². The Morgan fingerprint density at radius 2 is 2.05 bits per heavy atom. The van der Waals surface area contributed by atoms with Crippen LogP contribution in [0, 0.1) is 11.7 Å². The van der Waals surface area contributed by atoms with Gasteiger partial charge in [0.25, 0.3) is 0 Å². The zero-order chi connectivity index (χ0) is 14.1. The van der Waals surface area contributed by atoms with E-state index < -0.39 is 0 Å². The maximum atomic E-state index is 13.7. The lowest BCUT2D eigenvalue weighted by molar-refractivity contribution is 0.0978. The van der Waals surface area contributed by atoms with Crippen LogP contribution >= 0.6 is 0 Å². The van der Waals surface area contributed by atoms with Crippen LogP contribution in [-0.2, 0) is 0 Å². The standard InChI is InChI=1S/C15H22FN3O/c1-18-5-7-19(8-6-18)9-11-10-20-15-12(14(11)17)3-2-4-13(15)16/h2-4,11,14H,5-10,17H2,1H3. The summed E-state index contributed by atoms with van der Waals surface area (Å²) >= 11 is 0. The molecule has 1 saturated heterocycles. The lowest BCUT2D eigenvalue weighted by Gasteiger charge is -2.38. The Bertz CT molecular complexity index is 474. The number of halogens is 1. The Balaban J connectivity index is 1.68. The van der Waals surface area contributed by atoms with E-state index in [4.69, 9.17) is 10.5 Å². The number of rotatable bonds is 2. The van der Waals surface area contributed by atoms with Gasteiger partial charge in [-0.15, -0.1) is 0 Å². The van der Waals surface area contributed by atoms with Gasteiger partial charge in [0, 0.05) is 50.2 Å². The highest BCUT2D eigenvalue weighted by Crippen LogP contribution is 2.36. The Morgan fingerprint density at radius 3 is 2.80 bits per heavy atom. The monoisotopic (exact) mass is 279 g/mol. The number of benzene rings is 1.